The van der Waals surface area contributed by atoms with Crippen LogP contribution in [0.2, 0.25) is 0 Å². The topological polar surface area (TPSA) is 85.4 Å². The first kappa shape index (κ1) is 17.8. The molecule has 0 atom stereocenters. The molecule has 1 amide bonds. The Balaban J connectivity index is 1.76. The quantitative estimate of drug-likeness (QED) is 0.407. The van der Waals surface area contributed by atoms with E-state index in [1.54, 1.807) is 36.7 Å². The minimum absolute atomic E-state index is 0.218. The van der Waals surface area contributed by atoms with E-state index in [2.05, 4.69) is 10.3 Å². The number of ketones is 1. The van der Waals surface area contributed by atoms with Crippen LogP contribution in [-0.2, 0) is 9.53 Å². The Kier molecular flexibility index (Phi) is 5.38. The van der Waals surface area contributed by atoms with E-state index >= 15 is 0 Å². The monoisotopic (exact) mass is 368 g/mol. The summed E-state index contributed by atoms with van der Waals surface area (Å²) in [6.45, 7) is 1.90. The molecule has 0 radical (unpaired) electrons. The van der Waals surface area contributed by atoms with Crippen LogP contribution < -0.4 is 5.32 Å². The highest BCUT2D eigenvalue weighted by molar-refractivity contribution is 7.14. The largest absolute Gasteiger partial charge is 0.466 e. The highest BCUT2D eigenvalue weighted by atomic mass is 32.1. The zero-order valence-corrected chi connectivity index (χ0v) is 14.8. The number of carbonyl (C=O) groups excluding carboxylic acids is 3. The molecular formula is C19H16N2O4S. The van der Waals surface area contributed by atoms with Crippen LogP contribution in [0.3, 0.4) is 0 Å². The fraction of sp³-hybridized carbons (Fsp3) is 0.158. The van der Waals surface area contributed by atoms with Crippen molar-refractivity contribution < 1.29 is 19.1 Å². The van der Waals surface area contributed by atoms with Crippen molar-refractivity contribution in [2.24, 2.45) is 0 Å². The molecule has 26 heavy (non-hydrogen) atoms. The highest BCUT2D eigenvalue weighted by Crippen LogP contribution is 2.26. The molecule has 0 aliphatic heterocycles. The number of esters is 1. The van der Waals surface area contributed by atoms with Gasteiger partial charge in [-0.15, -0.1) is 11.3 Å². The second-order valence-corrected chi connectivity index (χ2v) is 6.35. The number of hydrogen-bond acceptors (Lipinski definition) is 6. The third-order valence-electron chi connectivity index (χ3n) is 3.67. The number of nitrogens with zero attached hydrogens (tertiary/aromatic N) is 1. The number of anilines is 1. The zero-order valence-electron chi connectivity index (χ0n) is 14.0. The zero-order chi connectivity index (χ0) is 18.5. The molecule has 132 valence electrons. The number of Topliss-reactive ketones (excluding diaryl/α,β-unsaturated/α-hetero) is 1. The van der Waals surface area contributed by atoms with Crippen molar-refractivity contribution >= 4 is 44.9 Å². The number of ether oxygens (including phenoxy) is 1. The van der Waals surface area contributed by atoms with Gasteiger partial charge in [0.15, 0.2) is 5.78 Å². The van der Waals surface area contributed by atoms with Crippen molar-refractivity contribution in [1.29, 1.82) is 0 Å². The Hall–Kier alpha value is -3.06. The standard InChI is InChI=1S/C19H16N2O4S/c1-2-25-17(23)11-16(22)14-7-9-26-19(14)21-18(24)13-6-5-12-4-3-8-20-15(12)10-13/h3-10H,2,11H2,1H3,(H,21,24). The maximum absolute atomic E-state index is 12.5. The normalized spacial score (nSPS) is 10.5. The van der Waals surface area contributed by atoms with E-state index in [-0.39, 0.29) is 24.7 Å². The van der Waals surface area contributed by atoms with E-state index in [1.165, 1.54) is 11.3 Å². The average molecular weight is 368 g/mol. The molecule has 0 saturated heterocycles. The predicted octanol–water partition coefficient (Wildman–Crippen LogP) is 3.68. The van der Waals surface area contributed by atoms with Gasteiger partial charge in [-0.05, 0) is 36.6 Å². The first-order chi connectivity index (χ1) is 12.6. The molecule has 2 aromatic heterocycles. The van der Waals surface area contributed by atoms with Crippen LogP contribution in [0.15, 0.2) is 48.0 Å². The lowest BCUT2D eigenvalue weighted by molar-refractivity contribution is -0.141. The molecule has 7 heteroatoms. The molecule has 0 bridgehead atoms. The summed E-state index contributed by atoms with van der Waals surface area (Å²) >= 11 is 1.22. The van der Waals surface area contributed by atoms with E-state index in [9.17, 15) is 14.4 Å². The molecule has 1 N–H and O–H groups in total. The SMILES string of the molecule is CCOC(=O)CC(=O)c1ccsc1NC(=O)c1ccc2cccnc2c1. The summed E-state index contributed by atoms with van der Waals surface area (Å²) in [6.07, 6.45) is 1.31. The van der Waals surface area contributed by atoms with Crippen LogP contribution in [0.1, 0.15) is 34.1 Å². The first-order valence-electron chi connectivity index (χ1n) is 8.01. The van der Waals surface area contributed by atoms with Crippen LogP contribution in [0.4, 0.5) is 5.00 Å². The van der Waals surface area contributed by atoms with Gasteiger partial charge in [-0.25, -0.2) is 0 Å². The van der Waals surface area contributed by atoms with E-state index in [1.807, 2.05) is 18.2 Å². The maximum Gasteiger partial charge on any atom is 0.313 e. The molecule has 0 fully saturated rings. The molecular weight excluding hydrogens is 352 g/mol. The number of aromatic nitrogens is 1. The number of carbonyl (C=O) groups is 3. The average Bonchev–Trinajstić information content (AvgIpc) is 3.09. The Morgan fingerprint density at radius 1 is 1.19 bits per heavy atom. The smallest absolute Gasteiger partial charge is 0.313 e. The Bertz CT molecular complexity index is 980. The molecule has 2 heterocycles. The number of thiophene rings is 1. The summed E-state index contributed by atoms with van der Waals surface area (Å²) in [7, 11) is 0. The van der Waals surface area contributed by atoms with Crippen molar-refractivity contribution in [3.8, 4) is 0 Å². The van der Waals surface area contributed by atoms with E-state index < -0.39 is 5.97 Å². The molecule has 0 aliphatic carbocycles. The lowest BCUT2D eigenvalue weighted by Gasteiger charge is -2.07. The summed E-state index contributed by atoms with van der Waals surface area (Å²) in [5.74, 6) is -1.31. The van der Waals surface area contributed by atoms with Gasteiger partial charge in [0.1, 0.15) is 11.4 Å². The lowest BCUT2D eigenvalue weighted by atomic mass is 10.1. The summed E-state index contributed by atoms with van der Waals surface area (Å²) < 4.78 is 4.79. The molecule has 0 saturated carbocycles. The lowest BCUT2D eigenvalue weighted by Crippen LogP contribution is -2.15. The van der Waals surface area contributed by atoms with Gasteiger partial charge in [0, 0.05) is 17.1 Å². The van der Waals surface area contributed by atoms with Gasteiger partial charge in [-0.1, -0.05) is 12.1 Å². The molecule has 3 rings (SSSR count). The third-order valence-corrected chi connectivity index (χ3v) is 4.50. The number of rotatable bonds is 6. The van der Waals surface area contributed by atoms with E-state index in [4.69, 9.17) is 4.74 Å². The predicted molar refractivity (Wildman–Crippen MR) is 99.6 cm³/mol. The van der Waals surface area contributed by atoms with Crippen LogP contribution in [0.5, 0.6) is 0 Å². The number of benzene rings is 1. The van der Waals surface area contributed by atoms with Gasteiger partial charge in [-0.2, -0.15) is 0 Å². The number of fused-ring (bicyclic) bond motifs is 1. The van der Waals surface area contributed by atoms with Crippen molar-refractivity contribution in [2.45, 2.75) is 13.3 Å². The maximum atomic E-state index is 12.5. The number of amides is 1. The molecule has 0 aliphatic rings. The van der Waals surface area contributed by atoms with Gasteiger partial charge in [0.25, 0.3) is 5.91 Å². The second kappa shape index (κ2) is 7.88. The van der Waals surface area contributed by atoms with Crippen LogP contribution in [0.25, 0.3) is 10.9 Å². The minimum atomic E-state index is -0.582. The van der Waals surface area contributed by atoms with E-state index in [0.29, 0.717) is 21.6 Å². The number of nitrogens with one attached hydrogen (secondary N) is 1. The molecule has 0 unspecified atom stereocenters. The Morgan fingerprint density at radius 3 is 2.85 bits per heavy atom. The summed E-state index contributed by atoms with van der Waals surface area (Å²) in [5.41, 5.74) is 1.45. The van der Waals surface area contributed by atoms with Crippen molar-refractivity contribution in [2.75, 3.05) is 11.9 Å². The summed E-state index contributed by atoms with van der Waals surface area (Å²) in [5, 5.41) is 5.77. The van der Waals surface area contributed by atoms with Crippen LogP contribution >= 0.6 is 11.3 Å². The van der Waals surface area contributed by atoms with Gasteiger partial charge >= 0.3 is 5.97 Å². The molecule has 0 spiro atoms. The number of hydrogen-bond donors (Lipinski definition) is 1. The number of pyridine rings is 1. The van der Waals surface area contributed by atoms with Gasteiger partial charge < -0.3 is 10.1 Å². The second-order valence-electron chi connectivity index (χ2n) is 5.43. The first-order valence-corrected chi connectivity index (χ1v) is 8.89. The van der Waals surface area contributed by atoms with Crippen molar-refractivity contribution in [3.63, 3.8) is 0 Å². The van der Waals surface area contributed by atoms with Crippen LogP contribution in [0, 0.1) is 0 Å². The van der Waals surface area contributed by atoms with Gasteiger partial charge in [-0.3, -0.25) is 19.4 Å². The van der Waals surface area contributed by atoms with Crippen molar-refractivity contribution in [1.82, 2.24) is 4.98 Å². The molecule has 1 aromatic carbocycles. The van der Waals surface area contributed by atoms with Crippen LogP contribution in [-0.4, -0.2) is 29.3 Å². The van der Waals surface area contributed by atoms with Gasteiger partial charge in [0.05, 0.1) is 17.7 Å². The Labute approximate surface area is 153 Å². The van der Waals surface area contributed by atoms with E-state index in [0.717, 1.165) is 5.39 Å². The molecule has 3 aromatic rings. The molecule has 6 nitrogen and oxygen atoms in total. The summed E-state index contributed by atoms with van der Waals surface area (Å²) in [4.78, 5) is 40.5. The van der Waals surface area contributed by atoms with Crippen molar-refractivity contribution in [3.05, 3.63) is 59.1 Å². The van der Waals surface area contributed by atoms with Gasteiger partial charge in [0.2, 0.25) is 0 Å². The summed E-state index contributed by atoms with van der Waals surface area (Å²) in [6, 6.07) is 10.5. The fourth-order valence-corrected chi connectivity index (χ4v) is 3.25. The Morgan fingerprint density at radius 2 is 2.04 bits per heavy atom. The highest BCUT2D eigenvalue weighted by Gasteiger charge is 2.19. The fourth-order valence-electron chi connectivity index (χ4n) is 2.45. The third kappa shape index (κ3) is 3.94. The minimum Gasteiger partial charge on any atom is -0.466 e.